The van der Waals surface area contributed by atoms with Crippen molar-refractivity contribution in [2.75, 3.05) is 62.2 Å². The van der Waals surface area contributed by atoms with Crippen LogP contribution in [0.2, 0.25) is 0 Å². The molecule has 1 unspecified atom stereocenters. The molecule has 0 aromatic heterocycles. The molecule has 2 saturated heterocycles. The van der Waals surface area contributed by atoms with Crippen molar-refractivity contribution in [3.63, 3.8) is 0 Å². The van der Waals surface area contributed by atoms with Gasteiger partial charge in [0.15, 0.2) is 0 Å². The minimum Gasteiger partial charge on any atom is -0.368 e. The number of aryl methyl sites for hydroxylation is 2. The Morgan fingerprint density at radius 2 is 1.23 bits per heavy atom. The van der Waals surface area contributed by atoms with Crippen molar-refractivity contribution < 1.29 is 4.21 Å². The van der Waals surface area contributed by atoms with E-state index in [-0.39, 0.29) is 0 Å². The lowest BCUT2D eigenvalue weighted by Crippen LogP contribution is -2.47. The van der Waals surface area contributed by atoms with E-state index in [9.17, 15) is 14.7 Å². The van der Waals surface area contributed by atoms with E-state index in [1.807, 2.05) is 48.5 Å². The van der Waals surface area contributed by atoms with Crippen molar-refractivity contribution >= 4 is 22.4 Å². The molecule has 0 bridgehead atoms. The van der Waals surface area contributed by atoms with Crippen molar-refractivity contribution in [3.05, 3.63) is 88.5 Å². The largest absolute Gasteiger partial charge is 0.368 e. The van der Waals surface area contributed by atoms with Crippen LogP contribution in [0.3, 0.4) is 0 Å². The van der Waals surface area contributed by atoms with Crippen molar-refractivity contribution in [1.82, 2.24) is 9.21 Å². The van der Waals surface area contributed by atoms with E-state index < -0.39 is 11.0 Å². The van der Waals surface area contributed by atoms with Crippen LogP contribution in [-0.2, 0) is 17.5 Å². The SMILES string of the molecule is Cc1cc(C)c(S(=O)N2CCN(c3ccccc3C#N)CC2)cc1CN1CCN(c2ccccc2C#N)CC1. The van der Waals surface area contributed by atoms with E-state index in [2.05, 4.69) is 57.1 Å². The average Bonchev–Trinajstić information content (AvgIpc) is 2.98. The summed E-state index contributed by atoms with van der Waals surface area (Å²) in [5.74, 6) is 0. The maximum atomic E-state index is 13.7. The summed E-state index contributed by atoms with van der Waals surface area (Å²) in [6.07, 6.45) is 0. The second-order valence-electron chi connectivity index (χ2n) is 10.2. The summed E-state index contributed by atoms with van der Waals surface area (Å²) in [7, 11) is -1.24. The van der Waals surface area contributed by atoms with Gasteiger partial charge >= 0.3 is 0 Å². The van der Waals surface area contributed by atoms with E-state index in [0.717, 1.165) is 73.2 Å². The fourth-order valence-electron chi connectivity index (χ4n) is 5.54. The van der Waals surface area contributed by atoms with Crippen LogP contribution in [0, 0.1) is 36.5 Å². The normalized spacial score (nSPS) is 17.4. The first kappa shape index (κ1) is 26.9. The first-order valence-electron chi connectivity index (χ1n) is 13.5. The zero-order chi connectivity index (χ0) is 27.4. The third-order valence-electron chi connectivity index (χ3n) is 7.79. The van der Waals surface area contributed by atoms with Gasteiger partial charge in [0.2, 0.25) is 0 Å². The number of hydrogen-bond donors (Lipinski definition) is 0. The van der Waals surface area contributed by atoms with Gasteiger partial charge in [0, 0.05) is 58.9 Å². The number of nitrogens with zero attached hydrogens (tertiary/aromatic N) is 6. The highest BCUT2D eigenvalue weighted by Gasteiger charge is 2.26. The molecule has 2 aliphatic rings. The van der Waals surface area contributed by atoms with Gasteiger partial charge in [0.25, 0.3) is 0 Å². The van der Waals surface area contributed by atoms with Gasteiger partial charge in [-0.05, 0) is 60.9 Å². The summed E-state index contributed by atoms with van der Waals surface area (Å²) in [6, 6.07) is 24.4. The average molecular weight is 539 g/mol. The number of rotatable bonds is 6. The van der Waals surface area contributed by atoms with Crippen molar-refractivity contribution in [2.45, 2.75) is 25.3 Å². The molecule has 0 radical (unpaired) electrons. The molecule has 0 amide bonds. The van der Waals surface area contributed by atoms with E-state index in [1.54, 1.807) is 0 Å². The molecule has 0 spiro atoms. The Labute approximate surface area is 234 Å². The molecule has 0 saturated carbocycles. The van der Waals surface area contributed by atoms with Gasteiger partial charge < -0.3 is 9.80 Å². The lowest BCUT2D eigenvalue weighted by molar-refractivity contribution is 0.249. The van der Waals surface area contributed by atoms with Crippen molar-refractivity contribution in [1.29, 1.82) is 10.5 Å². The van der Waals surface area contributed by atoms with Crippen LogP contribution >= 0.6 is 0 Å². The highest BCUT2D eigenvalue weighted by molar-refractivity contribution is 7.82. The third-order valence-corrected chi connectivity index (χ3v) is 9.44. The number of para-hydroxylation sites is 2. The smallest absolute Gasteiger partial charge is 0.128 e. The van der Waals surface area contributed by atoms with Gasteiger partial charge in [-0.25, -0.2) is 8.51 Å². The molecule has 39 heavy (non-hydrogen) atoms. The lowest BCUT2D eigenvalue weighted by atomic mass is 10.0. The topological polar surface area (TPSA) is 77.6 Å². The maximum absolute atomic E-state index is 13.7. The maximum Gasteiger partial charge on any atom is 0.128 e. The molecule has 2 aliphatic heterocycles. The van der Waals surface area contributed by atoms with E-state index in [1.165, 1.54) is 11.1 Å². The standard InChI is InChI=1S/C31H34N6OS/c1-24-19-25(2)31(39(38)37-17-15-36(16-18-37)30-10-6-4-8-27(30)22-33)20-28(24)23-34-11-13-35(14-12-34)29-9-5-3-7-26(29)21-32/h3-10,19-20H,11-18,23H2,1-2H3. The Morgan fingerprint density at radius 3 is 1.77 bits per heavy atom. The molecule has 2 fully saturated rings. The van der Waals surface area contributed by atoms with Gasteiger partial charge in [0.1, 0.15) is 23.1 Å². The molecule has 5 rings (SSSR count). The summed E-state index contributed by atoms with van der Waals surface area (Å²) in [4.78, 5) is 7.85. The second-order valence-corrected chi connectivity index (χ2v) is 11.7. The molecule has 1 atom stereocenters. The van der Waals surface area contributed by atoms with Crippen molar-refractivity contribution in [2.24, 2.45) is 0 Å². The molecule has 3 aromatic carbocycles. The summed E-state index contributed by atoms with van der Waals surface area (Å²) in [5.41, 5.74) is 6.88. The molecular formula is C31H34N6OS. The highest BCUT2D eigenvalue weighted by Crippen LogP contribution is 2.27. The van der Waals surface area contributed by atoms with Gasteiger partial charge in [-0.15, -0.1) is 0 Å². The minimum absolute atomic E-state index is 0.682. The van der Waals surface area contributed by atoms with Crippen LogP contribution in [0.5, 0.6) is 0 Å². The summed E-state index contributed by atoms with van der Waals surface area (Å²) < 4.78 is 15.8. The van der Waals surface area contributed by atoms with Crippen LogP contribution in [0.4, 0.5) is 11.4 Å². The van der Waals surface area contributed by atoms with Gasteiger partial charge in [-0.1, -0.05) is 30.3 Å². The Morgan fingerprint density at radius 1 is 0.718 bits per heavy atom. The quantitative estimate of drug-likeness (QED) is 0.468. The fraction of sp³-hybridized carbons (Fsp3) is 0.355. The molecule has 3 aromatic rings. The van der Waals surface area contributed by atoms with Crippen molar-refractivity contribution in [3.8, 4) is 12.1 Å². The van der Waals surface area contributed by atoms with Crippen LogP contribution in [0.25, 0.3) is 0 Å². The number of benzene rings is 3. The molecule has 200 valence electrons. The van der Waals surface area contributed by atoms with Crippen LogP contribution < -0.4 is 9.80 Å². The summed E-state index contributed by atoms with van der Waals surface area (Å²) in [6.45, 7) is 11.4. The lowest BCUT2D eigenvalue weighted by Gasteiger charge is -2.37. The van der Waals surface area contributed by atoms with E-state index in [4.69, 9.17) is 0 Å². The Bertz CT molecular complexity index is 1440. The Balaban J connectivity index is 1.23. The minimum atomic E-state index is -1.24. The van der Waals surface area contributed by atoms with Gasteiger partial charge in [0.05, 0.1) is 27.4 Å². The third kappa shape index (κ3) is 5.84. The predicted octanol–water partition coefficient (Wildman–Crippen LogP) is 4.21. The first-order valence-corrected chi connectivity index (χ1v) is 14.6. The molecule has 2 heterocycles. The van der Waals surface area contributed by atoms with E-state index in [0.29, 0.717) is 18.7 Å². The molecule has 7 nitrogen and oxygen atoms in total. The Kier molecular flexibility index (Phi) is 8.28. The highest BCUT2D eigenvalue weighted by atomic mass is 32.2. The Hall–Kier alpha value is -3.69. The second kappa shape index (κ2) is 12.0. The molecule has 0 N–H and O–H groups in total. The molecule has 8 heteroatoms. The number of nitriles is 2. The van der Waals surface area contributed by atoms with Crippen LogP contribution in [-0.4, -0.2) is 65.8 Å². The number of anilines is 2. The van der Waals surface area contributed by atoms with Gasteiger partial charge in [-0.3, -0.25) is 4.90 Å². The van der Waals surface area contributed by atoms with Gasteiger partial charge in [-0.2, -0.15) is 10.5 Å². The van der Waals surface area contributed by atoms with Crippen LogP contribution in [0.1, 0.15) is 27.8 Å². The predicted molar refractivity (Wildman–Crippen MR) is 156 cm³/mol. The monoisotopic (exact) mass is 538 g/mol. The van der Waals surface area contributed by atoms with Crippen LogP contribution in [0.15, 0.2) is 65.6 Å². The number of hydrogen-bond acceptors (Lipinski definition) is 6. The zero-order valence-electron chi connectivity index (χ0n) is 22.6. The first-order chi connectivity index (χ1) is 19.0. The zero-order valence-corrected chi connectivity index (χ0v) is 23.5. The van der Waals surface area contributed by atoms with E-state index >= 15 is 0 Å². The summed E-state index contributed by atoms with van der Waals surface area (Å²) >= 11 is 0. The summed E-state index contributed by atoms with van der Waals surface area (Å²) in [5, 5.41) is 18.9. The molecular weight excluding hydrogens is 504 g/mol. The number of piperazine rings is 2. The molecule has 0 aliphatic carbocycles. The fourth-order valence-corrected chi connectivity index (χ4v) is 6.89.